The van der Waals surface area contributed by atoms with Crippen molar-refractivity contribution in [3.05, 3.63) is 24.2 Å². The fraction of sp³-hybridized carbons (Fsp3) is 0.579. The second-order valence-corrected chi connectivity index (χ2v) is 7.26. The Kier molecular flexibility index (Phi) is 4.86. The highest BCUT2D eigenvalue weighted by molar-refractivity contribution is 5.79. The maximum absolute atomic E-state index is 12.5. The number of nitrogens with zero attached hydrogens (tertiary/aromatic N) is 4. The van der Waals surface area contributed by atoms with Crippen LogP contribution in [0.3, 0.4) is 0 Å². The molecule has 138 valence electrons. The van der Waals surface area contributed by atoms with Gasteiger partial charge in [-0.15, -0.1) is 0 Å². The van der Waals surface area contributed by atoms with Crippen molar-refractivity contribution in [3.8, 4) is 11.4 Å². The summed E-state index contributed by atoms with van der Waals surface area (Å²) in [5.41, 5.74) is 0.873. The van der Waals surface area contributed by atoms with Crippen LogP contribution in [0.15, 0.2) is 22.9 Å². The lowest BCUT2D eigenvalue weighted by Gasteiger charge is -2.33. The van der Waals surface area contributed by atoms with Crippen LogP contribution in [0.25, 0.3) is 11.4 Å². The number of nitrogens with one attached hydrogen (secondary N) is 1. The Labute approximate surface area is 153 Å². The molecule has 7 nitrogen and oxygen atoms in total. The minimum atomic E-state index is 0.103. The van der Waals surface area contributed by atoms with Crippen molar-refractivity contribution in [2.75, 3.05) is 18.0 Å². The molecular weight excluding hydrogens is 330 g/mol. The van der Waals surface area contributed by atoms with Crippen molar-refractivity contribution < 1.29 is 9.32 Å². The number of amides is 1. The van der Waals surface area contributed by atoms with Gasteiger partial charge in [0.2, 0.25) is 17.6 Å². The summed E-state index contributed by atoms with van der Waals surface area (Å²) in [5.74, 6) is 2.30. The summed E-state index contributed by atoms with van der Waals surface area (Å²) in [6, 6.07) is 4.24. The van der Waals surface area contributed by atoms with Gasteiger partial charge in [-0.2, -0.15) is 4.98 Å². The lowest BCUT2D eigenvalue weighted by Crippen LogP contribution is -2.43. The standard InChI is InChI=1S/C19H25N5O2/c1-13-21-17(23-26-13)16-7-4-10-20-18(16)24-11-8-14(9-12-24)19(25)22-15-5-2-3-6-15/h4,7,10,14-15H,2-3,5-6,8-9,11-12H2,1H3,(H,22,25). The maximum Gasteiger partial charge on any atom is 0.223 e. The van der Waals surface area contributed by atoms with Crippen LogP contribution in [-0.4, -0.2) is 40.2 Å². The van der Waals surface area contributed by atoms with Gasteiger partial charge >= 0.3 is 0 Å². The number of hydrogen-bond acceptors (Lipinski definition) is 6. The third kappa shape index (κ3) is 3.57. The second kappa shape index (κ2) is 7.43. The van der Waals surface area contributed by atoms with Gasteiger partial charge in [0.15, 0.2) is 0 Å². The van der Waals surface area contributed by atoms with E-state index in [1.54, 1.807) is 13.1 Å². The molecule has 2 aromatic rings. The molecule has 7 heteroatoms. The van der Waals surface area contributed by atoms with E-state index in [1.807, 2.05) is 12.1 Å². The Balaban J connectivity index is 1.41. The molecule has 0 aromatic carbocycles. The molecule has 3 heterocycles. The molecule has 1 amide bonds. The Bertz CT molecular complexity index is 761. The van der Waals surface area contributed by atoms with Gasteiger partial charge in [-0.1, -0.05) is 18.0 Å². The number of rotatable bonds is 4. The van der Waals surface area contributed by atoms with E-state index in [0.717, 1.165) is 50.2 Å². The number of aryl methyl sites for hydroxylation is 1. The zero-order valence-corrected chi connectivity index (χ0v) is 15.1. The van der Waals surface area contributed by atoms with Crippen molar-refractivity contribution in [3.63, 3.8) is 0 Å². The van der Waals surface area contributed by atoms with E-state index in [4.69, 9.17) is 4.52 Å². The molecule has 1 aliphatic heterocycles. The normalized spacial score (nSPS) is 19.0. The van der Waals surface area contributed by atoms with Gasteiger partial charge in [-0.25, -0.2) is 4.98 Å². The monoisotopic (exact) mass is 355 g/mol. The van der Waals surface area contributed by atoms with E-state index in [1.165, 1.54) is 12.8 Å². The maximum atomic E-state index is 12.5. The minimum absolute atomic E-state index is 0.103. The summed E-state index contributed by atoms with van der Waals surface area (Å²) in [7, 11) is 0. The lowest BCUT2D eigenvalue weighted by molar-refractivity contribution is -0.126. The Hall–Kier alpha value is -2.44. The highest BCUT2D eigenvalue weighted by Crippen LogP contribution is 2.30. The Morgan fingerprint density at radius 1 is 1.23 bits per heavy atom. The first kappa shape index (κ1) is 17.0. The number of carbonyl (C=O) groups is 1. The topological polar surface area (TPSA) is 84.2 Å². The molecule has 1 saturated heterocycles. The van der Waals surface area contributed by atoms with E-state index < -0.39 is 0 Å². The third-order valence-corrected chi connectivity index (χ3v) is 5.42. The molecule has 1 aliphatic carbocycles. The van der Waals surface area contributed by atoms with Gasteiger partial charge in [0, 0.05) is 38.2 Å². The van der Waals surface area contributed by atoms with E-state index in [2.05, 4.69) is 25.3 Å². The molecule has 0 spiro atoms. The fourth-order valence-electron chi connectivity index (χ4n) is 3.97. The predicted octanol–water partition coefficient (Wildman–Crippen LogP) is 2.72. The lowest BCUT2D eigenvalue weighted by atomic mass is 9.95. The van der Waals surface area contributed by atoms with Crippen LogP contribution in [0.5, 0.6) is 0 Å². The zero-order chi connectivity index (χ0) is 17.9. The van der Waals surface area contributed by atoms with Gasteiger partial charge in [0.1, 0.15) is 5.82 Å². The number of anilines is 1. The average molecular weight is 355 g/mol. The SMILES string of the molecule is Cc1nc(-c2cccnc2N2CCC(C(=O)NC3CCCC3)CC2)no1. The summed E-state index contributed by atoms with van der Waals surface area (Å²) in [6.45, 7) is 3.40. The molecule has 1 N–H and O–H groups in total. The van der Waals surface area contributed by atoms with Crippen LogP contribution < -0.4 is 10.2 Å². The largest absolute Gasteiger partial charge is 0.356 e. The summed E-state index contributed by atoms with van der Waals surface area (Å²) >= 11 is 0. The van der Waals surface area contributed by atoms with E-state index in [0.29, 0.717) is 17.8 Å². The highest BCUT2D eigenvalue weighted by atomic mass is 16.5. The molecule has 2 fully saturated rings. The van der Waals surface area contributed by atoms with Crippen LogP contribution in [-0.2, 0) is 4.79 Å². The van der Waals surface area contributed by atoms with Gasteiger partial charge in [0.05, 0.1) is 5.56 Å². The van der Waals surface area contributed by atoms with Gasteiger partial charge in [-0.05, 0) is 37.8 Å². The van der Waals surface area contributed by atoms with Crippen molar-refractivity contribution in [2.45, 2.75) is 51.5 Å². The molecule has 4 rings (SSSR count). The number of pyridine rings is 1. The molecule has 1 saturated carbocycles. The van der Waals surface area contributed by atoms with Crippen molar-refractivity contribution in [1.29, 1.82) is 0 Å². The predicted molar refractivity (Wildman–Crippen MR) is 97.6 cm³/mol. The molecule has 2 aromatic heterocycles. The van der Waals surface area contributed by atoms with Crippen molar-refractivity contribution >= 4 is 11.7 Å². The molecule has 0 unspecified atom stereocenters. The smallest absolute Gasteiger partial charge is 0.223 e. The van der Waals surface area contributed by atoms with E-state index >= 15 is 0 Å². The van der Waals surface area contributed by atoms with Gasteiger partial charge < -0.3 is 14.7 Å². The summed E-state index contributed by atoms with van der Waals surface area (Å²) in [4.78, 5) is 23.6. The first-order chi connectivity index (χ1) is 12.7. The second-order valence-electron chi connectivity index (χ2n) is 7.26. The number of piperidine rings is 1. The van der Waals surface area contributed by atoms with Gasteiger partial charge in [0.25, 0.3) is 0 Å². The first-order valence-corrected chi connectivity index (χ1v) is 9.52. The minimum Gasteiger partial charge on any atom is -0.356 e. The molecule has 0 atom stereocenters. The highest BCUT2D eigenvalue weighted by Gasteiger charge is 2.29. The van der Waals surface area contributed by atoms with E-state index in [-0.39, 0.29) is 11.8 Å². The Morgan fingerprint density at radius 3 is 2.69 bits per heavy atom. The van der Waals surface area contributed by atoms with E-state index in [9.17, 15) is 4.79 Å². The van der Waals surface area contributed by atoms with Crippen molar-refractivity contribution in [1.82, 2.24) is 20.4 Å². The van der Waals surface area contributed by atoms with Gasteiger partial charge in [-0.3, -0.25) is 4.79 Å². The summed E-state index contributed by atoms with van der Waals surface area (Å²) in [5, 5.41) is 7.26. The zero-order valence-electron chi connectivity index (χ0n) is 15.1. The number of aromatic nitrogens is 3. The fourth-order valence-corrected chi connectivity index (χ4v) is 3.97. The van der Waals surface area contributed by atoms with Crippen LogP contribution in [0.4, 0.5) is 5.82 Å². The number of hydrogen-bond donors (Lipinski definition) is 1. The quantitative estimate of drug-likeness (QED) is 0.908. The van der Waals surface area contributed by atoms with Crippen LogP contribution in [0, 0.1) is 12.8 Å². The molecule has 0 bridgehead atoms. The third-order valence-electron chi connectivity index (χ3n) is 5.42. The summed E-state index contributed by atoms with van der Waals surface area (Å²) < 4.78 is 5.11. The first-order valence-electron chi connectivity index (χ1n) is 9.52. The summed E-state index contributed by atoms with van der Waals surface area (Å²) in [6.07, 6.45) is 8.21. The average Bonchev–Trinajstić information content (AvgIpc) is 3.33. The van der Waals surface area contributed by atoms with Crippen LogP contribution in [0.2, 0.25) is 0 Å². The molecule has 26 heavy (non-hydrogen) atoms. The Morgan fingerprint density at radius 2 is 2.00 bits per heavy atom. The van der Waals surface area contributed by atoms with Crippen LogP contribution in [0.1, 0.15) is 44.4 Å². The molecule has 0 radical (unpaired) electrons. The molecular formula is C19H25N5O2. The van der Waals surface area contributed by atoms with Crippen molar-refractivity contribution in [2.24, 2.45) is 5.92 Å². The van der Waals surface area contributed by atoms with Crippen LogP contribution >= 0.6 is 0 Å². The molecule has 2 aliphatic rings. The number of carbonyl (C=O) groups excluding carboxylic acids is 1.